The van der Waals surface area contributed by atoms with Gasteiger partial charge in [-0.15, -0.1) is 0 Å². The lowest BCUT2D eigenvalue weighted by Crippen LogP contribution is -2.25. The van der Waals surface area contributed by atoms with Gasteiger partial charge in [0.05, 0.1) is 10.6 Å². The molecule has 0 spiro atoms. The lowest BCUT2D eigenvalue weighted by molar-refractivity contribution is -0.116. The van der Waals surface area contributed by atoms with Crippen LogP contribution in [0.3, 0.4) is 0 Å². The molecule has 2 heterocycles. The van der Waals surface area contributed by atoms with Crippen molar-refractivity contribution >= 4 is 21.6 Å². The Morgan fingerprint density at radius 1 is 1.29 bits per heavy atom. The molecule has 3 rings (SSSR count). The molecule has 0 aliphatic carbocycles. The monoisotopic (exact) mass is 348 g/mol. The minimum Gasteiger partial charge on any atom is -0.326 e. The highest BCUT2D eigenvalue weighted by Crippen LogP contribution is 2.25. The van der Waals surface area contributed by atoms with Crippen LogP contribution in [-0.2, 0) is 34.8 Å². The highest BCUT2D eigenvalue weighted by atomic mass is 32.2. The molecule has 1 amide bonds. The first-order valence-corrected chi connectivity index (χ1v) is 9.18. The van der Waals surface area contributed by atoms with E-state index in [1.807, 2.05) is 20.9 Å². The van der Waals surface area contributed by atoms with Crippen molar-refractivity contribution < 1.29 is 13.2 Å². The summed E-state index contributed by atoms with van der Waals surface area (Å²) in [6, 6.07) is 4.78. The van der Waals surface area contributed by atoms with Gasteiger partial charge < -0.3 is 5.32 Å². The number of nitrogens with one attached hydrogen (secondary N) is 2. The largest absolute Gasteiger partial charge is 0.326 e. The van der Waals surface area contributed by atoms with Crippen LogP contribution in [0.15, 0.2) is 23.1 Å². The van der Waals surface area contributed by atoms with Crippen LogP contribution in [0.1, 0.15) is 28.9 Å². The van der Waals surface area contributed by atoms with Crippen molar-refractivity contribution in [3.8, 4) is 0 Å². The van der Waals surface area contributed by atoms with Crippen LogP contribution >= 0.6 is 0 Å². The van der Waals surface area contributed by atoms with E-state index in [1.54, 1.807) is 16.8 Å². The molecule has 2 aromatic rings. The Balaban J connectivity index is 1.82. The first-order chi connectivity index (χ1) is 11.3. The summed E-state index contributed by atoms with van der Waals surface area (Å²) >= 11 is 0. The molecule has 1 aromatic heterocycles. The molecular formula is C16H20N4O3S. The maximum absolute atomic E-state index is 12.6. The van der Waals surface area contributed by atoms with Crippen LogP contribution in [0.2, 0.25) is 0 Å². The fourth-order valence-corrected chi connectivity index (χ4v) is 3.90. The van der Waals surface area contributed by atoms with E-state index in [4.69, 9.17) is 0 Å². The van der Waals surface area contributed by atoms with Crippen molar-refractivity contribution in [2.45, 2.75) is 38.1 Å². The van der Waals surface area contributed by atoms with Gasteiger partial charge in [-0.05, 0) is 44.0 Å². The Bertz CT molecular complexity index is 916. The molecule has 0 radical (unpaired) electrons. The fourth-order valence-electron chi connectivity index (χ4n) is 2.85. The first kappa shape index (κ1) is 16.7. The van der Waals surface area contributed by atoms with Gasteiger partial charge in [0.1, 0.15) is 0 Å². The third-order valence-corrected chi connectivity index (χ3v) is 5.78. The highest BCUT2D eigenvalue weighted by Gasteiger charge is 2.20. The van der Waals surface area contributed by atoms with Gasteiger partial charge in [0.25, 0.3) is 0 Å². The first-order valence-electron chi connectivity index (χ1n) is 7.69. The lowest BCUT2D eigenvalue weighted by Gasteiger charge is -2.17. The fraction of sp³-hybridized carbons (Fsp3) is 0.375. The zero-order valence-electron chi connectivity index (χ0n) is 13.9. The number of hydrogen-bond donors (Lipinski definition) is 2. The molecule has 1 aromatic carbocycles. The highest BCUT2D eigenvalue weighted by molar-refractivity contribution is 7.89. The number of sulfonamides is 1. The SMILES string of the molecule is Cc1nn(C)c(C)c1CNS(=O)(=O)c1ccc2c(c1)CCC(=O)N2. The van der Waals surface area contributed by atoms with Crippen LogP contribution in [0.25, 0.3) is 0 Å². The van der Waals surface area contributed by atoms with Crippen molar-refractivity contribution in [2.75, 3.05) is 5.32 Å². The second-order valence-electron chi connectivity index (χ2n) is 5.96. The molecule has 0 unspecified atom stereocenters. The van der Waals surface area contributed by atoms with E-state index in [-0.39, 0.29) is 17.3 Å². The molecule has 7 nitrogen and oxygen atoms in total. The van der Waals surface area contributed by atoms with Crippen molar-refractivity contribution in [3.05, 3.63) is 40.7 Å². The van der Waals surface area contributed by atoms with Crippen molar-refractivity contribution in [1.29, 1.82) is 0 Å². The van der Waals surface area contributed by atoms with Crippen LogP contribution in [0.5, 0.6) is 0 Å². The van der Waals surface area contributed by atoms with E-state index in [9.17, 15) is 13.2 Å². The number of benzene rings is 1. The average Bonchev–Trinajstić information content (AvgIpc) is 2.77. The molecule has 8 heteroatoms. The van der Waals surface area contributed by atoms with Crippen molar-refractivity contribution in [2.24, 2.45) is 7.05 Å². The summed E-state index contributed by atoms with van der Waals surface area (Å²) in [5.74, 6) is -0.0428. The number of nitrogens with zero attached hydrogens (tertiary/aromatic N) is 2. The second kappa shape index (κ2) is 6.03. The molecule has 128 valence electrons. The second-order valence-corrected chi connectivity index (χ2v) is 7.73. The van der Waals surface area contributed by atoms with E-state index in [0.717, 1.165) is 22.5 Å². The zero-order chi connectivity index (χ0) is 17.5. The molecule has 0 atom stereocenters. The van der Waals surface area contributed by atoms with Gasteiger partial charge >= 0.3 is 0 Å². The van der Waals surface area contributed by atoms with E-state index in [1.165, 1.54) is 6.07 Å². The number of amides is 1. The van der Waals surface area contributed by atoms with Gasteiger partial charge in [0, 0.05) is 37.0 Å². The number of hydrogen-bond acceptors (Lipinski definition) is 4. The predicted octanol–water partition coefficient (Wildman–Crippen LogP) is 1.40. The number of fused-ring (bicyclic) bond motifs is 1. The van der Waals surface area contributed by atoms with Crippen molar-refractivity contribution in [1.82, 2.24) is 14.5 Å². The molecule has 1 aliphatic rings. The van der Waals surface area contributed by atoms with E-state index in [2.05, 4.69) is 15.1 Å². The van der Waals surface area contributed by atoms with Gasteiger partial charge in [-0.25, -0.2) is 13.1 Å². The normalized spacial score (nSPS) is 14.4. The zero-order valence-corrected chi connectivity index (χ0v) is 14.7. The Morgan fingerprint density at radius 2 is 2.04 bits per heavy atom. The Hall–Kier alpha value is -2.19. The third kappa shape index (κ3) is 3.07. The Kier molecular flexibility index (Phi) is 4.18. The molecule has 24 heavy (non-hydrogen) atoms. The topological polar surface area (TPSA) is 93.1 Å². The van der Waals surface area contributed by atoms with Crippen LogP contribution in [0.4, 0.5) is 5.69 Å². The van der Waals surface area contributed by atoms with E-state index in [0.29, 0.717) is 18.5 Å². The maximum atomic E-state index is 12.6. The summed E-state index contributed by atoms with van der Waals surface area (Å²) < 4.78 is 29.5. The molecule has 0 bridgehead atoms. The van der Waals surface area contributed by atoms with Crippen LogP contribution < -0.4 is 10.0 Å². The number of aromatic nitrogens is 2. The average molecular weight is 348 g/mol. The third-order valence-electron chi connectivity index (χ3n) is 4.38. The molecular weight excluding hydrogens is 328 g/mol. The van der Waals surface area contributed by atoms with Gasteiger partial charge in [0.2, 0.25) is 15.9 Å². The molecule has 0 fully saturated rings. The summed E-state index contributed by atoms with van der Waals surface area (Å²) in [4.78, 5) is 11.6. The number of anilines is 1. The van der Waals surface area contributed by atoms with Gasteiger partial charge in [-0.2, -0.15) is 5.10 Å². The van der Waals surface area contributed by atoms with Crippen LogP contribution in [-0.4, -0.2) is 24.1 Å². The van der Waals surface area contributed by atoms with Gasteiger partial charge in [-0.1, -0.05) is 0 Å². The van der Waals surface area contributed by atoms with Crippen molar-refractivity contribution in [3.63, 3.8) is 0 Å². The van der Waals surface area contributed by atoms with Crippen LogP contribution in [0, 0.1) is 13.8 Å². The lowest BCUT2D eigenvalue weighted by atomic mass is 10.0. The molecule has 1 aliphatic heterocycles. The minimum absolute atomic E-state index is 0.0428. The number of aryl methyl sites for hydroxylation is 3. The number of rotatable bonds is 4. The van der Waals surface area contributed by atoms with Gasteiger partial charge in [-0.3, -0.25) is 9.48 Å². The Morgan fingerprint density at radius 3 is 2.71 bits per heavy atom. The summed E-state index contributed by atoms with van der Waals surface area (Å²) in [7, 11) is -1.80. The molecule has 0 saturated carbocycles. The molecule has 2 N–H and O–H groups in total. The predicted molar refractivity (Wildman–Crippen MR) is 90.1 cm³/mol. The maximum Gasteiger partial charge on any atom is 0.240 e. The quantitative estimate of drug-likeness (QED) is 0.873. The smallest absolute Gasteiger partial charge is 0.240 e. The minimum atomic E-state index is -3.63. The number of carbonyl (C=O) groups excluding carboxylic acids is 1. The van der Waals surface area contributed by atoms with E-state index < -0.39 is 10.0 Å². The number of carbonyl (C=O) groups is 1. The summed E-state index contributed by atoms with van der Waals surface area (Å²) in [6.07, 6.45) is 0.920. The van der Waals surface area contributed by atoms with Gasteiger partial charge in [0.15, 0.2) is 0 Å². The summed E-state index contributed by atoms with van der Waals surface area (Å²) in [6.45, 7) is 3.96. The standard InChI is InChI=1S/C16H20N4O3S/c1-10-14(11(2)20(3)19-10)9-17-24(22,23)13-5-6-15-12(8-13)4-7-16(21)18-15/h5-6,8,17H,4,7,9H2,1-3H3,(H,18,21). The van der Waals surface area contributed by atoms with E-state index >= 15 is 0 Å². The summed E-state index contributed by atoms with van der Waals surface area (Å²) in [5.41, 5.74) is 4.15. The molecule has 0 saturated heterocycles. The summed E-state index contributed by atoms with van der Waals surface area (Å²) in [5, 5.41) is 7.04. The Labute approximate surface area is 141 Å².